The maximum atomic E-state index is 13.6. The lowest BCUT2D eigenvalue weighted by Gasteiger charge is -2.33. The van der Waals surface area contributed by atoms with Gasteiger partial charge in [-0.05, 0) is 61.2 Å². The lowest BCUT2D eigenvalue weighted by molar-refractivity contribution is -0.137. The van der Waals surface area contributed by atoms with E-state index in [1.165, 1.54) is 5.56 Å². The Morgan fingerprint density at radius 1 is 1.10 bits per heavy atom. The summed E-state index contributed by atoms with van der Waals surface area (Å²) in [5.74, 6) is 0.726. The first-order valence-corrected chi connectivity index (χ1v) is 10.8. The van der Waals surface area contributed by atoms with E-state index in [2.05, 4.69) is 50.2 Å². The molecule has 0 bridgehead atoms. The monoisotopic (exact) mass is 399 g/mol. The minimum atomic E-state index is -0.298. The van der Waals surface area contributed by atoms with Gasteiger partial charge in [-0.25, -0.2) is 4.68 Å². The molecule has 1 spiro atoms. The van der Waals surface area contributed by atoms with E-state index >= 15 is 0 Å². The van der Waals surface area contributed by atoms with Gasteiger partial charge in [0.15, 0.2) is 0 Å². The Balaban J connectivity index is 1.26. The molecule has 3 aromatic rings. The average Bonchev–Trinajstić information content (AvgIpc) is 3.54. The fraction of sp³-hybridized carbons (Fsp3) is 0.375. The van der Waals surface area contributed by atoms with Gasteiger partial charge in [0.1, 0.15) is 5.54 Å². The molecule has 6 rings (SSSR count). The van der Waals surface area contributed by atoms with Crippen molar-refractivity contribution in [3.05, 3.63) is 78.4 Å². The second-order valence-electron chi connectivity index (χ2n) is 8.76. The topological polar surface area (TPSA) is 54.3 Å². The van der Waals surface area contributed by atoms with E-state index in [1.807, 2.05) is 29.2 Å². The van der Waals surface area contributed by atoms with Crippen molar-refractivity contribution in [3.63, 3.8) is 0 Å². The molecule has 3 fully saturated rings. The van der Waals surface area contributed by atoms with Crippen LogP contribution in [-0.4, -0.2) is 49.1 Å². The van der Waals surface area contributed by atoms with Crippen molar-refractivity contribution in [2.75, 3.05) is 13.1 Å². The van der Waals surface area contributed by atoms with Crippen LogP contribution in [0.15, 0.2) is 67.3 Å². The Labute approximate surface area is 176 Å². The fourth-order valence-corrected chi connectivity index (χ4v) is 6.01. The first-order valence-electron chi connectivity index (χ1n) is 10.8. The largest absolute Gasteiger partial charge is 0.336 e. The van der Waals surface area contributed by atoms with Gasteiger partial charge in [0.2, 0.25) is 5.91 Å². The zero-order chi connectivity index (χ0) is 20.1. The first kappa shape index (κ1) is 17.8. The van der Waals surface area contributed by atoms with E-state index in [9.17, 15) is 4.79 Å². The van der Waals surface area contributed by atoms with Crippen LogP contribution in [0.4, 0.5) is 0 Å². The normalized spacial score (nSPS) is 28.1. The first-order chi connectivity index (χ1) is 14.8. The van der Waals surface area contributed by atoms with Crippen molar-refractivity contribution in [2.24, 2.45) is 5.92 Å². The predicted molar refractivity (Wildman–Crippen MR) is 113 cm³/mol. The third-order valence-electron chi connectivity index (χ3n) is 7.27. The minimum Gasteiger partial charge on any atom is -0.336 e. The molecule has 2 aromatic heterocycles. The molecule has 1 amide bonds. The molecule has 0 aliphatic carbocycles. The van der Waals surface area contributed by atoms with Gasteiger partial charge in [0, 0.05) is 49.8 Å². The Kier molecular flexibility index (Phi) is 4.03. The molecule has 152 valence electrons. The van der Waals surface area contributed by atoms with Gasteiger partial charge in [0.05, 0.1) is 5.69 Å². The van der Waals surface area contributed by atoms with Crippen molar-refractivity contribution in [1.29, 1.82) is 0 Å². The minimum absolute atomic E-state index is 0.298. The zero-order valence-electron chi connectivity index (χ0n) is 16.9. The predicted octanol–water partition coefficient (Wildman–Crippen LogP) is 3.21. The summed E-state index contributed by atoms with van der Waals surface area (Å²) in [6.07, 6.45) is 10.5. The molecule has 0 saturated carbocycles. The molecule has 1 aromatic carbocycles. The number of benzene rings is 1. The van der Waals surface area contributed by atoms with Gasteiger partial charge in [-0.1, -0.05) is 18.2 Å². The molecule has 3 aliphatic heterocycles. The number of nitrogens with zero attached hydrogens (tertiary/aromatic N) is 5. The van der Waals surface area contributed by atoms with Crippen LogP contribution in [0.2, 0.25) is 0 Å². The van der Waals surface area contributed by atoms with Crippen LogP contribution >= 0.6 is 0 Å². The van der Waals surface area contributed by atoms with Gasteiger partial charge in [-0.2, -0.15) is 5.10 Å². The van der Waals surface area contributed by atoms with Crippen molar-refractivity contribution in [1.82, 2.24) is 24.6 Å². The summed E-state index contributed by atoms with van der Waals surface area (Å²) < 4.78 is 1.88. The number of carbonyl (C=O) groups excluding carboxylic acids is 1. The summed E-state index contributed by atoms with van der Waals surface area (Å²) in [4.78, 5) is 22.4. The molecule has 6 heteroatoms. The van der Waals surface area contributed by atoms with Crippen molar-refractivity contribution in [3.8, 4) is 5.69 Å². The number of hydrogen-bond acceptors (Lipinski definition) is 4. The lowest BCUT2D eigenvalue weighted by Crippen LogP contribution is -2.49. The molecule has 5 heterocycles. The van der Waals surface area contributed by atoms with E-state index in [-0.39, 0.29) is 5.54 Å². The van der Waals surface area contributed by atoms with Crippen LogP contribution in [0, 0.1) is 5.92 Å². The van der Waals surface area contributed by atoms with Crippen LogP contribution in [0.5, 0.6) is 0 Å². The van der Waals surface area contributed by atoms with Crippen LogP contribution in [0.1, 0.15) is 36.4 Å². The molecule has 6 nitrogen and oxygen atoms in total. The molecule has 3 atom stereocenters. The van der Waals surface area contributed by atoms with E-state index in [0.717, 1.165) is 43.6 Å². The highest BCUT2D eigenvalue weighted by Crippen LogP contribution is 2.56. The van der Waals surface area contributed by atoms with Gasteiger partial charge >= 0.3 is 0 Å². The number of hydrogen-bond donors (Lipinski definition) is 0. The van der Waals surface area contributed by atoms with Crippen molar-refractivity contribution < 1.29 is 4.79 Å². The van der Waals surface area contributed by atoms with E-state index in [4.69, 9.17) is 0 Å². The number of carbonyl (C=O) groups is 1. The van der Waals surface area contributed by atoms with Crippen LogP contribution in [-0.2, 0) is 11.3 Å². The third-order valence-corrected chi connectivity index (χ3v) is 7.27. The van der Waals surface area contributed by atoms with E-state index < -0.39 is 0 Å². The molecular formula is C24H25N5O. The van der Waals surface area contributed by atoms with Gasteiger partial charge in [0.25, 0.3) is 0 Å². The van der Waals surface area contributed by atoms with Crippen LogP contribution in [0.25, 0.3) is 5.69 Å². The Hall–Kier alpha value is -2.99. The number of likely N-dealkylation sites (tertiary alicyclic amines) is 1. The quantitative estimate of drug-likeness (QED) is 0.676. The summed E-state index contributed by atoms with van der Waals surface area (Å²) in [7, 11) is 0. The van der Waals surface area contributed by atoms with Gasteiger partial charge < -0.3 is 4.90 Å². The summed E-state index contributed by atoms with van der Waals surface area (Å²) in [5.41, 5.74) is 3.19. The van der Waals surface area contributed by atoms with E-state index in [1.54, 1.807) is 12.4 Å². The van der Waals surface area contributed by atoms with Crippen LogP contribution in [0.3, 0.4) is 0 Å². The zero-order valence-corrected chi connectivity index (χ0v) is 16.9. The maximum absolute atomic E-state index is 13.6. The second kappa shape index (κ2) is 6.77. The van der Waals surface area contributed by atoms with Crippen molar-refractivity contribution in [2.45, 2.75) is 37.4 Å². The molecule has 0 unspecified atom stereocenters. The van der Waals surface area contributed by atoms with Crippen molar-refractivity contribution >= 4 is 5.91 Å². The number of rotatable bonds is 4. The molecule has 3 saturated heterocycles. The highest BCUT2D eigenvalue weighted by atomic mass is 16.2. The summed E-state index contributed by atoms with van der Waals surface area (Å²) in [6.45, 7) is 2.53. The third kappa shape index (κ3) is 2.56. The highest BCUT2D eigenvalue weighted by Gasteiger charge is 2.65. The van der Waals surface area contributed by atoms with Gasteiger partial charge in [-0.3, -0.25) is 14.7 Å². The van der Waals surface area contributed by atoms with Crippen LogP contribution < -0.4 is 0 Å². The standard InChI is InChI=1S/C24H25N5O/c30-23-24-9-2-12-28(24)22(19-5-7-21(8-6-19)29-13-3-11-26-29)14-20(24)17-27(23)16-18-4-1-10-25-15-18/h1,3-8,10-11,13,15,20,22H,2,9,12,14,16-17H2/t20-,22-,24-/m0/s1. The Morgan fingerprint density at radius 2 is 2.00 bits per heavy atom. The summed E-state index contributed by atoms with van der Waals surface area (Å²) >= 11 is 0. The summed E-state index contributed by atoms with van der Waals surface area (Å²) in [6, 6.07) is 15.0. The average molecular weight is 399 g/mol. The number of amides is 1. The maximum Gasteiger partial charge on any atom is 0.243 e. The fourth-order valence-electron chi connectivity index (χ4n) is 6.01. The smallest absolute Gasteiger partial charge is 0.243 e. The van der Waals surface area contributed by atoms with E-state index in [0.29, 0.717) is 24.4 Å². The molecular weight excluding hydrogens is 374 g/mol. The SMILES string of the molecule is O=C1N(Cc2cccnc2)C[C@@H]2C[C@@H](c3ccc(-n4cccn4)cc3)N3CCC[C@@]123. The number of pyridine rings is 1. The number of aromatic nitrogens is 3. The Morgan fingerprint density at radius 3 is 2.77 bits per heavy atom. The molecule has 30 heavy (non-hydrogen) atoms. The highest BCUT2D eigenvalue weighted by molar-refractivity contribution is 5.90. The molecule has 0 N–H and O–H groups in total. The Bertz CT molecular complexity index is 1050. The molecule has 3 aliphatic rings. The molecule has 0 radical (unpaired) electrons. The van der Waals surface area contributed by atoms with Gasteiger partial charge in [-0.15, -0.1) is 0 Å². The lowest BCUT2D eigenvalue weighted by atomic mass is 9.85. The second-order valence-corrected chi connectivity index (χ2v) is 8.76. The summed E-state index contributed by atoms with van der Waals surface area (Å²) in [5, 5.41) is 4.32.